The molecule has 6 nitrogen and oxygen atoms in total. The summed E-state index contributed by atoms with van der Waals surface area (Å²) in [6.07, 6.45) is 6.64. The van der Waals surface area contributed by atoms with Gasteiger partial charge < -0.3 is 10.2 Å². The molecule has 5 rings (SSSR count). The predicted octanol–water partition coefficient (Wildman–Crippen LogP) is 3.15. The zero-order chi connectivity index (χ0) is 18.5. The molecule has 27 heavy (non-hydrogen) atoms. The van der Waals surface area contributed by atoms with E-state index in [1.54, 1.807) is 4.68 Å². The van der Waals surface area contributed by atoms with Gasteiger partial charge in [0, 0.05) is 31.1 Å². The first-order valence-electron chi connectivity index (χ1n) is 9.85. The van der Waals surface area contributed by atoms with Crippen molar-refractivity contribution in [3.05, 3.63) is 40.9 Å². The van der Waals surface area contributed by atoms with E-state index in [-0.39, 0.29) is 17.8 Å². The number of benzene rings is 1. The number of rotatable bonds is 4. The van der Waals surface area contributed by atoms with Crippen LogP contribution >= 0.6 is 11.6 Å². The minimum absolute atomic E-state index is 0.0889. The fraction of sp³-hybridized carbons (Fsp3) is 0.550. The summed E-state index contributed by atoms with van der Waals surface area (Å²) in [5.74, 6) is 1.42. The molecule has 1 saturated carbocycles. The third-order valence-corrected chi connectivity index (χ3v) is 6.48. The number of para-hydroxylation sites is 1. The minimum Gasteiger partial charge on any atom is -0.336 e. The monoisotopic (exact) mass is 385 g/mol. The summed E-state index contributed by atoms with van der Waals surface area (Å²) in [5, 5.41) is 8.83. The topological polar surface area (TPSA) is 63.1 Å². The average molecular weight is 386 g/mol. The highest BCUT2D eigenvalue weighted by atomic mass is 35.5. The van der Waals surface area contributed by atoms with Crippen molar-refractivity contribution in [1.29, 1.82) is 0 Å². The Morgan fingerprint density at radius 1 is 1.19 bits per heavy atom. The van der Waals surface area contributed by atoms with E-state index in [1.165, 1.54) is 12.8 Å². The summed E-state index contributed by atoms with van der Waals surface area (Å²) in [6, 6.07) is 8.93. The maximum absolute atomic E-state index is 13.1. The molecule has 2 saturated heterocycles. The van der Waals surface area contributed by atoms with Gasteiger partial charge in [0.1, 0.15) is 5.82 Å². The van der Waals surface area contributed by atoms with Gasteiger partial charge in [-0.05, 0) is 50.7 Å². The van der Waals surface area contributed by atoms with Gasteiger partial charge in [-0.2, -0.15) is 0 Å². The molecule has 7 heteroatoms. The predicted molar refractivity (Wildman–Crippen MR) is 103 cm³/mol. The standard InChI is InChI=1S/C20H24ClN5O/c1-25(15-10-13-8-9-14(11-15)22-13)20(27)18-23-19(12-6-7-12)26(24-18)17-5-3-2-4-16(17)21/h2-5,12-15,22H,6-11H2,1H3. The fourth-order valence-electron chi connectivity index (χ4n) is 4.49. The maximum atomic E-state index is 13.1. The minimum atomic E-state index is -0.0889. The van der Waals surface area contributed by atoms with Crippen molar-refractivity contribution >= 4 is 17.5 Å². The first-order valence-corrected chi connectivity index (χ1v) is 10.2. The summed E-state index contributed by atoms with van der Waals surface area (Å²) in [4.78, 5) is 19.6. The normalized spacial score (nSPS) is 27.0. The van der Waals surface area contributed by atoms with Crippen LogP contribution in [0.2, 0.25) is 5.02 Å². The lowest BCUT2D eigenvalue weighted by molar-refractivity contribution is 0.0669. The summed E-state index contributed by atoms with van der Waals surface area (Å²) in [5.41, 5.74) is 0.787. The van der Waals surface area contributed by atoms with Gasteiger partial charge in [0.05, 0.1) is 10.7 Å². The number of halogens is 1. The van der Waals surface area contributed by atoms with Gasteiger partial charge in [0.2, 0.25) is 5.82 Å². The van der Waals surface area contributed by atoms with E-state index in [0.717, 1.165) is 37.2 Å². The van der Waals surface area contributed by atoms with Crippen molar-refractivity contribution in [2.45, 2.75) is 62.6 Å². The Morgan fingerprint density at radius 2 is 1.89 bits per heavy atom. The molecule has 0 spiro atoms. The van der Waals surface area contributed by atoms with E-state index in [4.69, 9.17) is 11.6 Å². The number of hydrogen-bond donors (Lipinski definition) is 1. The second kappa shape index (κ2) is 6.60. The Kier molecular flexibility index (Phi) is 4.20. The van der Waals surface area contributed by atoms with Crippen LogP contribution in [0.15, 0.2) is 24.3 Å². The van der Waals surface area contributed by atoms with E-state index >= 15 is 0 Å². The number of amides is 1. The van der Waals surface area contributed by atoms with Gasteiger partial charge >= 0.3 is 0 Å². The maximum Gasteiger partial charge on any atom is 0.293 e. The molecular formula is C20H24ClN5O. The molecule has 2 unspecified atom stereocenters. The average Bonchev–Trinajstić information content (AvgIpc) is 3.35. The van der Waals surface area contributed by atoms with E-state index in [9.17, 15) is 4.79 Å². The van der Waals surface area contributed by atoms with Crippen LogP contribution in [-0.4, -0.2) is 50.7 Å². The van der Waals surface area contributed by atoms with Crippen molar-refractivity contribution in [3.63, 3.8) is 0 Å². The van der Waals surface area contributed by atoms with Crippen molar-refractivity contribution in [3.8, 4) is 5.69 Å². The van der Waals surface area contributed by atoms with Crippen LogP contribution in [0.1, 0.15) is 60.9 Å². The molecule has 142 valence electrons. The Morgan fingerprint density at radius 3 is 2.56 bits per heavy atom. The number of aromatic nitrogens is 3. The number of carbonyl (C=O) groups excluding carboxylic acids is 1. The van der Waals surface area contributed by atoms with Gasteiger partial charge in [-0.15, -0.1) is 5.10 Å². The Bertz CT molecular complexity index is 865. The van der Waals surface area contributed by atoms with Gasteiger partial charge in [-0.25, -0.2) is 9.67 Å². The molecule has 1 N–H and O–H groups in total. The molecule has 2 aromatic rings. The third kappa shape index (κ3) is 3.15. The number of carbonyl (C=O) groups is 1. The number of piperidine rings is 1. The van der Waals surface area contributed by atoms with Crippen LogP contribution in [0.4, 0.5) is 0 Å². The fourth-order valence-corrected chi connectivity index (χ4v) is 4.70. The van der Waals surface area contributed by atoms with Crippen LogP contribution < -0.4 is 5.32 Å². The van der Waals surface area contributed by atoms with Crippen LogP contribution in [0, 0.1) is 0 Å². The second-order valence-electron chi connectivity index (χ2n) is 8.11. The SMILES string of the molecule is CN(C(=O)c1nc(C2CC2)n(-c2ccccc2Cl)n1)C1CC2CCC(C1)N2. The van der Waals surface area contributed by atoms with Crippen molar-refractivity contribution in [2.24, 2.45) is 0 Å². The number of fused-ring (bicyclic) bond motifs is 2. The highest BCUT2D eigenvalue weighted by molar-refractivity contribution is 6.32. The van der Waals surface area contributed by atoms with Crippen LogP contribution in [0.3, 0.4) is 0 Å². The quantitative estimate of drug-likeness (QED) is 0.878. The molecule has 1 aromatic carbocycles. The van der Waals surface area contributed by atoms with Gasteiger partial charge in [-0.1, -0.05) is 23.7 Å². The lowest BCUT2D eigenvalue weighted by Gasteiger charge is -2.35. The van der Waals surface area contributed by atoms with Gasteiger partial charge in [-0.3, -0.25) is 4.79 Å². The molecule has 1 aliphatic carbocycles. The van der Waals surface area contributed by atoms with Crippen LogP contribution in [-0.2, 0) is 0 Å². The third-order valence-electron chi connectivity index (χ3n) is 6.16. The number of nitrogens with zero attached hydrogens (tertiary/aromatic N) is 4. The first-order chi connectivity index (χ1) is 13.1. The van der Waals surface area contributed by atoms with E-state index < -0.39 is 0 Å². The molecule has 3 fully saturated rings. The molecule has 3 aliphatic rings. The van der Waals surface area contributed by atoms with E-state index in [1.807, 2.05) is 36.2 Å². The molecule has 2 atom stereocenters. The van der Waals surface area contributed by atoms with Crippen LogP contribution in [0.25, 0.3) is 5.69 Å². The van der Waals surface area contributed by atoms with Crippen LogP contribution in [0.5, 0.6) is 0 Å². The van der Waals surface area contributed by atoms with E-state index in [0.29, 0.717) is 23.0 Å². The lowest BCUT2D eigenvalue weighted by Crippen LogP contribution is -2.48. The lowest BCUT2D eigenvalue weighted by atomic mass is 9.98. The molecular weight excluding hydrogens is 362 g/mol. The highest BCUT2D eigenvalue weighted by Gasteiger charge is 2.38. The Balaban J connectivity index is 1.44. The number of hydrogen-bond acceptors (Lipinski definition) is 4. The Hall–Kier alpha value is -1.92. The zero-order valence-corrected chi connectivity index (χ0v) is 16.2. The molecule has 2 aliphatic heterocycles. The van der Waals surface area contributed by atoms with E-state index in [2.05, 4.69) is 15.4 Å². The van der Waals surface area contributed by atoms with Gasteiger partial charge in [0.15, 0.2) is 0 Å². The molecule has 3 heterocycles. The van der Waals surface area contributed by atoms with Gasteiger partial charge in [0.25, 0.3) is 5.91 Å². The highest BCUT2D eigenvalue weighted by Crippen LogP contribution is 2.40. The summed E-state index contributed by atoms with van der Waals surface area (Å²) >= 11 is 6.38. The van der Waals surface area contributed by atoms with Crippen molar-refractivity contribution < 1.29 is 4.79 Å². The Labute approximate surface area is 163 Å². The summed E-state index contributed by atoms with van der Waals surface area (Å²) in [7, 11) is 1.89. The summed E-state index contributed by atoms with van der Waals surface area (Å²) < 4.78 is 1.77. The molecule has 1 aromatic heterocycles. The molecule has 1 amide bonds. The van der Waals surface area contributed by atoms with Crippen molar-refractivity contribution in [2.75, 3.05) is 7.05 Å². The molecule has 0 radical (unpaired) electrons. The summed E-state index contributed by atoms with van der Waals surface area (Å²) in [6.45, 7) is 0. The smallest absolute Gasteiger partial charge is 0.293 e. The first kappa shape index (κ1) is 17.2. The molecule has 2 bridgehead atoms. The zero-order valence-electron chi connectivity index (χ0n) is 15.4. The largest absolute Gasteiger partial charge is 0.336 e. The second-order valence-corrected chi connectivity index (χ2v) is 8.52. The number of nitrogens with one attached hydrogen (secondary N) is 1. The van der Waals surface area contributed by atoms with Crippen molar-refractivity contribution in [1.82, 2.24) is 25.0 Å².